The third-order valence-corrected chi connectivity index (χ3v) is 19.2. The molecule has 5 aliphatic carbocycles. The molecule has 0 amide bonds. The van der Waals surface area contributed by atoms with Gasteiger partial charge < -0.3 is 57.5 Å². The van der Waals surface area contributed by atoms with E-state index in [-0.39, 0.29) is 23.7 Å². The van der Waals surface area contributed by atoms with Crippen molar-refractivity contribution in [3.63, 3.8) is 0 Å². The van der Waals surface area contributed by atoms with E-state index >= 15 is 0 Å². The smallest absolute Gasteiger partial charge is 0.119 e. The molecule has 5 aliphatic rings. The topological polar surface area (TPSA) is 86.8 Å². The lowest BCUT2D eigenvalue weighted by Gasteiger charge is -2.42. The molecule has 0 heterocycles. The van der Waals surface area contributed by atoms with Crippen molar-refractivity contribution in [3.05, 3.63) is 289 Å². The third-order valence-electron chi connectivity index (χ3n) is 19.2. The monoisotopic (exact) mass is 1230 g/mol. The number of methoxy groups -OCH3 is 8. The maximum absolute atomic E-state index is 5.85. The Morgan fingerprint density at radius 1 is 0.301 bits per heavy atom. The Morgan fingerprint density at radius 2 is 0.591 bits per heavy atom. The number of anilines is 9. The van der Waals surface area contributed by atoms with Crippen molar-refractivity contribution >= 4 is 51.2 Å². The summed E-state index contributed by atoms with van der Waals surface area (Å²) < 4.78 is 46.2. The summed E-state index contributed by atoms with van der Waals surface area (Å²) in [4.78, 5) is 9.52. The average molecular weight is 1230 g/mol. The zero-order valence-electron chi connectivity index (χ0n) is 53.5. The summed E-state index contributed by atoms with van der Waals surface area (Å²) in [6.45, 7) is 0. The van der Waals surface area contributed by atoms with E-state index in [1.165, 1.54) is 22.3 Å². The maximum Gasteiger partial charge on any atom is 0.119 e. The van der Waals surface area contributed by atoms with Crippen LogP contribution in [0.2, 0.25) is 0 Å². The molecule has 1 spiro atoms. The minimum Gasteiger partial charge on any atom is -0.501 e. The number of hydrogen-bond acceptors (Lipinski definition) is 12. The van der Waals surface area contributed by atoms with Gasteiger partial charge in [0.2, 0.25) is 0 Å². The molecular formula is C81H74N4O8. The van der Waals surface area contributed by atoms with Gasteiger partial charge in [-0.05, 0) is 259 Å². The van der Waals surface area contributed by atoms with E-state index in [4.69, 9.17) is 37.9 Å². The van der Waals surface area contributed by atoms with Gasteiger partial charge in [0.25, 0.3) is 0 Å². The quantitative estimate of drug-likeness (QED) is 0.0728. The Labute approximate surface area is 545 Å². The number of fused-ring (bicyclic) bond motifs is 10. The largest absolute Gasteiger partial charge is 0.501 e. The van der Waals surface area contributed by atoms with Gasteiger partial charge >= 0.3 is 0 Å². The zero-order valence-corrected chi connectivity index (χ0v) is 53.5. The molecule has 14 rings (SSSR count). The van der Waals surface area contributed by atoms with Crippen molar-refractivity contribution in [2.24, 2.45) is 23.7 Å². The number of benzene rings is 9. The van der Waals surface area contributed by atoms with Crippen LogP contribution in [0.5, 0.6) is 40.2 Å². The normalized spacial score (nSPS) is 18.7. The van der Waals surface area contributed by atoms with Crippen molar-refractivity contribution < 1.29 is 37.9 Å². The predicted molar refractivity (Wildman–Crippen MR) is 373 cm³/mol. The van der Waals surface area contributed by atoms with Gasteiger partial charge in [0.1, 0.15) is 40.2 Å². The molecule has 1 fully saturated rings. The lowest BCUT2D eigenvalue weighted by Crippen LogP contribution is -2.39. The fourth-order valence-corrected chi connectivity index (χ4v) is 14.8. The zero-order chi connectivity index (χ0) is 63.7. The summed E-state index contributed by atoms with van der Waals surface area (Å²) >= 11 is 0. The van der Waals surface area contributed by atoms with Crippen LogP contribution in [-0.2, 0) is 10.2 Å². The Hall–Kier alpha value is -11.0. The summed E-state index contributed by atoms with van der Waals surface area (Å²) in [5, 5.41) is 0. The van der Waals surface area contributed by atoms with E-state index in [1.807, 2.05) is 84.9 Å². The van der Waals surface area contributed by atoms with Crippen LogP contribution >= 0.6 is 0 Å². The number of ether oxygens (including phenoxy) is 8. The van der Waals surface area contributed by atoms with Gasteiger partial charge in [0.05, 0.1) is 62.6 Å². The summed E-state index contributed by atoms with van der Waals surface area (Å²) in [6, 6.07) is 72.9. The Balaban J connectivity index is 1.07. The van der Waals surface area contributed by atoms with E-state index in [9.17, 15) is 0 Å². The van der Waals surface area contributed by atoms with Crippen LogP contribution < -0.4 is 52.8 Å². The Morgan fingerprint density at radius 3 is 0.882 bits per heavy atom. The van der Waals surface area contributed by atoms with Crippen LogP contribution in [0.1, 0.15) is 24.0 Å². The maximum atomic E-state index is 5.85. The highest BCUT2D eigenvalue weighted by Crippen LogP contribution is 2.69. The third kappa shape index (κ3) is 10.7. The highest BCUT2D eigenvalue weighted by molar-refractivity contribution is 5.90. The van der Waals surface area contributed by atoms with Crippen molar-refractivity contribution in [2.45, 2.75) is 18.3 Å². The number of allylic oxidation sites excluding steroid dienone is 10. The van der Waals surface area contributed by atoms with E-state index < -0.39 is 5.41 Å². The standard InChI is InChI=1S/C81H74N4O8/c1-86-65-29-9-53(10-30-65)82(54-11-31-66(87-2)32-12-54)61-25-45-73-74-46-26-62(83(55-13-33-67(88-3)34-14-55)56-15-35-68(89-4)36-16-56)50-78(74)81(77(73)49-61)79-51-63(84(57-17-37-69(90-5)38-18-57)58-19-39-70(91-6)40-20-58)27-47-75(79)76-48-28-64(52-80(76)81)85(59-21-41-71(92-7)42-22-59)60-23-43-72(93-8)44-24-60/h9-23,25-43,45-52,73-74,77-78H,24,44H2,1-8H3/t73-,74?,77?,78?,81?/m0/s1. The molecule has 9 aromatic rings. The molecule has 4 unspecified atom stereocenters. The van der Waals surface area contributed by atoms with Gasteiger partial charge in [-0.15, -0.1) is 0 Å². The molecule has 0 aromatic heterocycles. The van der Waals surface area contributed by atoms with Crippen LogP contribution in [0.15, 0.2) is 278 Å². The van der Waals surface area contributed by atoms with Gasteiger partial charge in [-0.25, -0.2) is 0 Å². The first-order valence-electron chi connectivity index (χ1n) is 31.4. The number of hydrogen-bond donors (Lipinski definition) is 0. The Kier molecular flexibility index (Phi) is 16.3. The second-order valence-corrected chi connectivity index (χ2v) is 23.7. The van der Waals surface area contributed by atoms with Gasteiger partial charge in [0.15, 0.2) is 0 Å². The minimum atomic E-state index is -0.754. The van der Waals surface area contributed by atoms with E-state index in [0.717, 1.165) is 127 Å². The van der Waals surface area contributed by atoms with Gasteiger partial charge in [-0.3, -0.25) is 0 Å². The lowest BCUT2D eigenvalue weighted by molar-refractivity contribution is 0.275. The molecule has 9 aromatic carbocycles. The molecule has 12 nitrogen and oxygen atoms in total. The fraction of sp³-hybridized carbons (Fsp3) is 0.185. The van der Waals surface area contributed by atoms with Crippen molar-refractivity contribution in [3.8, 4) is 51.4 Å². The minimum absolute atomic E-state index is 0.0264. The number of rotatable bonds is 20. The van der Waals surface area contributed by atoms with Crippen LogP contribution in [0.25, 0.3) is 11.1 Å². The predicted octanol–water partition coefficient (Wildman–Crippen LogP) is 18.9. The second kappa shape index (κ2) is 25.4. The molecule has 1 saturated carbocycles. The summed E-state index contributed by atoms with van der Waals surface area (Å²) in [5.41, 5.74) is 16.3. The van der Waals surface area contributed by atoms with Gasteiger partial charge in [0, 0.05) is 91.9 Å². The molecule has 0 saturated heterocycles. The first-order valence-corrected chi connectivity index (χ1v) is 31.4. The molecule has 0 N–H and O–H groups in total. The molecule has 0 aliphatic heterocycles. The highest BCUT2D eigenvalue weighted by atomic mass is 16.5. The Bertz CT molecular complexity index is 4100. The lowest BCUT2D eigenvalue weighted by atomic mass is 9.62. The van der Waals surface area contributed by atoms with Crippen LogP contribution in [0.3, 0.4) is 0 Å². The second-order valence-electron chi connectivity index (χ2n) is 23.7. The van der Waals surface area contributed by atoms with Gasteiger partial charge in [-0.2, -0.15) is 0 Å². The van der Waals surface area contributed by atoms with Crippen LogP contribution in [0.4, 0.5) is 51.2 Å². The van der Waals surface area contributed by atoms with Crippen LogP contribution in [0, 0.1) is 23.7 Å². The van der Waals surface area contributed by atoms with Gasteiger partial charge in [-0.1, -0.05) is 36.4 Å². The molecular weight excluding hydrogens is 1160 g/mol. The summed E-state index contributed by atoms with van der Waals surface area (Å²) in [7, 11) is 13.7. The van der Waals surface area contributed by atoms with Crippen molar-refractivity contribution in [1.82, 2.24) is 0 Å². The summed E-state index contributed by atoms with van der Waals surface area (Å²) in [6.07, 6.45) is 20.7. The van der Waals surface area contributed by atoms with E-state index in [0.29, 0.717) is 0 Å². The SMILES string of the molecule is COC1=CC=C(N(c2ccc(OC)cc2)c2ccc3c(c2)C2(c4cc(N(c5ccc(OC)cc5)c5ccc(OC)cc5)ccc4-3)C3C=C(N(c4ccc(OC)cc4)c4ccc(OC)cc4)C=CC3[C@@H]3C=CC(N(c4ccc(OC)cc4)c4ccc(OC)cc4)=CC32)CC1. The molecule has 5 atom stereocenters. The first-order chi connectivity index (χ1) is 45.7. The van der Waals surface area contributed by atoms with E-state index in [2.05, 4.69) is 190 Å². The molecule has 466 valence electrons. The number of nitrogens with zero attached hydrogens (tertiary/aromatic N) is 4. The molecule has 0 radical (unpaired) electrons. The van der Waals surface area contributed by atoms with Crippen LogP contribution in [-0.4, -0.2) is 56.9 Å². The van der Waals surface area contributed by atoms with E-state index in [1.54, 1.807) is 56.9 Å². The van der Waals surface area contributed by atoms with Crippen molar-refractivity contribution in [2.75, 3.05) is 76.5 Å². The first kappa shape index (κ1) is 59.6. The molecule has 93 heavy (non-hydrogen) atoms. The fourth-order valence-electron chi connectivity index (χ4n) is 14.8. The molecule has 12 heteroatoms. The average Bonchev–Trinajstić information content (AvgIpc) is 1.51. The molecule has 0 bridgehead atoms. The summed E-state index contributed by atoms with van der Waals surface area (Å²) in [5.74, 6) is 6.17. The highest BCUT2D eigenvalue weighted by Gasteiger charge is 2.63. The van der Waals surface area contributed by atoms with Crippen molar-refractivity contribution in [1.29, 1.82) is 0 Å².